The summed E-state index contributed by atoms with van der Waals surface area (Å²) >= 11 is 0.874. The summed E-state index contributed by atoms with van der Waals surface area (Å²) < 4.78 is 10.6. The van der Waals surface area contributed by atoms with Gasteiger partial charge in [0.2, 0.25) is 0 Å². The number of rotatable bonds is 10. The highest BCUT2D eigenvalue weighted by Gasteiger charge is 2.09. The number of hydrogen-bond acceptors (Lipinski definition) is 7. The zero-order valence-corrected chi connectivity index (χ0v) is 23.4. The van der Waals surface area contributed by atoms with Gasteiger partial charge in [-0.1, -0.05) is 61.5 Å². The largest absolute Gasteiger partial charge is 0.427 e. The fraction of sp³-hybridized carbons (Fsp3) is 0.152. The van der Waals surface area contributed by atoms with Crippen molar-refractivity contribution in [3.8, 4) is 16.9 Å². The molecule has 4 aromatic carbocycles. The molecule has 4 N–H and O–H groups in total. The molecule has 4 aromatic rings. The van der Waals surface area contributed by atoms with Gasteiger partial charge in [0.15, 0.2) is 0 Å². The molecule has 0 aliphatic carbocycles. The minimum atomic E-state index is -0.533. The maximum Gasteiger partial charge on any atom is 0.343 e. The van der Waals surface area contributed by atoms with Crippen LogP contribution < -0.4 is 16.2 Å². The number of carbonyl (C=O) groups is 2. The Morgan fingerprint density at radius 1 is 0.925 bits per heavy atom. The number of anilines is 2. The second-order valence-corrected chi connectivity index (χ2v) is 10.1. The van der Waals surface area contributed by atoms with E-state index in [0.29, 0.717) is 28.4 Å². The molecule has 0 aliphatic heterocycles. The maximum atomic E-state index is 12.4. The summed E-state index contributed by atoms with van der Waals surface area (Å²) in [6.45, 7) is 4.32. The molecule has 4 rings (SSSR count). The van der Waals surface area contributed by atoms with E-state index in [1.165, 1.54) is 28.3 Å². The van der Waals surface area contributed by atoms with Crippen LogP contribution in [0.5, 0.6) is 5.75 Å². The Morgan fingerprint density at radius 2 is 1.68 bits per heavy atom. The average molecular weight is 553 g/mol. The quantitative estimate of drug-likeness (QED) is 0.0705. The van der Waals surface area contributed by atoms with Gasteiger partial charge in [0.25, 0.3) is 0 Å². The number of esters is 1. The van der Waals surface area contributed by atoms with Crippen LogP contribution >= 0.6 is 12.0 Å². The van der Waals surface area contributed by atoms with Gasteiger partial charge >= 0.3 is 11.9 Å². The highest BCUT2D eigenvalue weighted by molar-refractivity contribution is 7.95. The average Bonchev–Trinajstić information content (AvgIpc) is 2.95. The third kappa shape index (κ3) is 7.77. The van der Waals surface area contributed by atoms with Gasteiger partial charge in [-0.05, 0) is 89.6 Å². The molecule has 0 spiro atoms. The summed E-state index contributed by atoms with van der Waals surface area (Å²) in [4.78, 5) is 25.1. The molecule has 0 saturated carbocycles. The van der Waals surface area contributed by atoms with E-state index in [4.69, 9.17) is 20.4 Å². The van der Waals surface area contributed by atoms with Crippen molar-refractivity contribution in [1.82, 2.24) is 0 Å². The first-order chi connectivity index (χ1) is 19.3. The van der Waals surface area contributed by atoms with E-state index in [9.17, 15) is 9.59 Å². The highest BCUT2D eigenvalue weighted by atomic mass is 32.2. The first kappa shape index (κ1) is 28.5. The normalized spacial score (nSPS) is 10.9. The molecule has 7 heteroatoms. The fourth-order valence-corrected chi connectivity index (χ4v) is 4.80. The number of carbonyl (C=O) groups excluding carboxylic acids is 2. The third-order valence-corrected chi connectivity index (χ3v) is 7.22. The predicted octanol–water partition coefficient (Wildman–Crippen LogP) is 7.19. The summed E-state index contributed by atoms with van der Waals surface area (Å²) in [5.41, 5.74) is 19.4. The van der Waals surface area contributed by atoms with Crippen LogP contribution in [0.25, 0.3) is 17.2 Å². The van der Waals surface area contributed by atoms with Gasteiger partial charge in [-0.25, -0.2) is 4.79 Å². The SMILES string of the molecule is CCc1c(C)cccc1-c1ccc(CCC(=O)Oc2ccc(/C=C/C(=O)OSc3ccc(N)cc3N)cc2)cc1. The standard InChI is InChI=1S/C33H32N2O4S/c1-3-28-22(2)5-4-6-29(28)25-13-7-23(8-14-25)11-19-32(36)38-27-16-9-24(10-17-27)12-20-33(37)39-40-31-18-15-26(34)21-30(31)35/h4-10,12-18,20-21H,3,11,19,34-35H2,1-2H3/b20-12+. The number of hydrogen-bond donors (Lipinski definition) is 2. The number of ether oxygens (including phenoxy) is 1. The zero-order chi connectivity index (χ0) is 28.5. The molecule has 0 atom stereocenters. The number of nitrogen functional groups attached to an aromatic ring is 2. The Labute approximate surface area is 239 Å². The van der Waals surface area contributed by atoms with Crippen LogP contribution in [-0.2, 0) is 26.6 Å². The second kappa shape index (κ2) is 13.5. The second-order valence-electron chi connectivity index (χ2n) is 9.31. The third-order valence-electron chi connectivity index (χ3n) is 6.42. The number of aryl methyl sites for hydroxylation is 2. The van der Waals surface area contributed by atoms with E-state index in [1.807, 2.05) is 0 Å². The topological polar surface area (TPSA) is 105 Å². The van der Waals surface area contributed by atoms with Gasteiger partial charge < -0.3 is 20.4 Å². The molecule has 0 radical (unpaired) electrons. The van der Waals surface area contributed by atoms with E-state index in [-0.39, 0.29) is 12.4 Å². The Hall–Kier alpha value is -4.49. The number of benzene rings is 4. The van der Waals surface area contributed by atoms with Gasteiger partial charge in [-0.15, -0.1) is 0 Å². The fourth-order valence-electron chi connectivity index (χ4n) is 4.29. The Kier molecular flexibility index (Phi) is 9.65. The van der Waals surface area contributed by atoms with Crippen molar-refractivity contribution >= 4 is 41.4 Å². The zero-order valence-electron chi connectivity index (χ0n) is 22.6. The molecular weight excluding hydrogens is 520 g/mol. The first-order valence-corrected chi connectivity index (χ1v) is 13.8. The lowest BCUT2D eigenvalue weighted by atomic mass is 9.93. The van der Waals surface area contributed by atoms with Gasteiger partial charge in [-0.3, -0.25) is 4.79 Å². The Morgan fingerprint density at radius 3 is 2.38 bits per heavy atom. The molecule has 0 saturated heterocycles. The lowest BCUT2D eigenvalue weighted by Gasteiger charge is -2.12. The summed E-state index contributed by atoms with van der Waals surface area (Å²) in [5, 5.41) is 0. The Balaban J connectivity index is 1.24. The van der Waals surface area contributed by atoms with Crippen molar-refractivity contribution in [3.05, 3.63) is 113 Å². The minimum Gasteiger partial charge on any atom is -0.427 e. The molecule has 0 fully saturated rings. The molecule has 6 nitrogen and oxygen atoms in total. The summed E-state index contributed by atoms with van der Waals surface area (Å²) in [6.07, 6.45) is 4.78. The monoisotopic (exact) mass is 552 g/mol. The van der Waals surface area contributed by atoms with Crippen LogP contribution in [0.2, 0.25) is 0 Å². The van der Waals surface area contributed by atoms with Gasteiger partial charge in [0.1, 0.15) is 5.75 Å². The number of nitrogens with two attached hydrogens (primary N) is 2. The van der Waals surface area contributed by atoms with Gasteiger partial charge in [0, 0.05) is 18.2 Å². The molecule has 40 heavy (non-hydrogen) atoms. The van der Waals surface area contributed by atoms with Crippen LogP contribution in [0.15, 0.2) is 95.9 Å². The van der Waals surface area contributed by atoms with Crippen molar-refractivity contribution in [2.45, 2.75) is 38.0 Å². The van der Waals surface area contributed by atoms with Crippen molar-refractivity contribution in [1.29, 1.82) is 0 Å². The van der Waals surface area contributed by atoms with E-state index < -0.39 is 5.97 Å². The molecule has 0 unspecified atom stereocenters. The summed E-state index contributed by atoms with van der Waals surface area (Å²) in [7, 11) is 0. The van der Waals surface area contributed by atoms with Crippen LogP contribution in [0.1, 0.15) is 35.6 Å². The molecular formula is C33H32N2O4S. The van der Waals surface area contributed by atoms with Crippen molar-refractivity contribution in [3.63, 3.8) is 0 Å². The maximum absolute atomic E-state index is 12.4. The molecule has 0 bridgehead atoms. The van der Waals surface area contributed by atoms with E-state index >= 15 is 0 Å². The minimum absolute atomic E-state index is 0.272. The summed E-state index contributed by atoms with van der Waals surface area (Å²) in [5.74, 6) is -0.391. The van der Waals surface area contributed by atoms with E-state index in [2.05, 4.69) is 56.3 Å². The van der Waals surface area contributed by atoms with Crippen LogP contribution in [0.3, 0.4) is 0 Å². The van der Waals surface area contributed by atoms with Crippen molar-refractivity contribution in [2.24, 2.45) is 0 Å². The molecule has 0 heterocycles. The van der Waals surface area contributed by atoms with Crippen LogP contribution in [0, 0.1) is 6.92 Å². The van der Waals surface area contributed by atoms with Gasteiger partial charge in [0.05, 0.1) is 22.6 Å². The van der Waals surface area contributed by atoms with E-state index in [1.54, 1.807) is 48.5 Å². The van der Waals surface area contributed by atoms with Crippen LogP contribution in [0.4, 0.5) is 11.4 Å². The Bertz CT molecular complexity index is 1510. The van der Waals surface area contributed by atoms with Gasteiger partial charge in [-0.2, -0.15) is 0 Å². The lowest BCUT2D eigenvalue weighted by molar-refractivity contribution is -0.134. The highest BCUT2D eigenvalue weighted by Crippen LogP contribution is 2.28. The van der Waals surface area contributed by atoms with E-state index in [0.717, 1.165) is 29.6 Å². The van der Waals surface area contributed by atoms with Crippen LogP contribution in [-0.4, -0.2) is 11.9 Å². The predicted molar refractivity (Wildman–Crippen MR) is 163 cm³/mol. The molecule has 0 aliphatic rings. The smallest absolute Gasteiger partial charge is 0.343 e. The lowest BCUT2D eigenvalue weighted by Crippen LogP contribution is -2.09. The van der Waals surface area contributed by atoms with Crippen molar-refractivity contribution in [2.75, 3.05) is 11.5 Å². The molecule has 0 aromatic heterocycles. The summed E-state index contributed by atoms with van der Waals surface area (Å²) in [6, 6.07) is 26.6. The molecule has 204 valence electrons. The van der Waals surface area contributed by atoms with Crippen molar-refractivity contribution < 1.29 is 18.5 Å². The first-order valence-electron chi connectivity index (χ1n) is 13.0. The molecule has 0 amide bonds.